The zero-order chi connectivity index (χ0) is 33.1. The summed E-state index contributed by atoms with van der Waals surface area (Å²) in [6, 6.07) is 16.8. The molecule has 2 amide bonds. The number of rotatable bonds is 10. The molecule has 6 rings (SSSR count). The van der Waals surface area contributed by atoms with Crippen molar-refractivity contribution in [3.63, 3.8) is 0 Å². The van der Waals surface area contributed by atoms with Gasteiger partial charge in [-0.1, -0.05) is 49.4 Å². The van der Waals surface area contributed by atoms with Crippen molar-refractivity contribution in [2.45, 2.75) is 71.8 Å². The molecular formula is C38H46N4O5. The van der Waals surface area contributed by atoms with Crippen molar-refractivity contribution in [3.05, 3.63) is 76.5 Å². The fourth-order valence-electron chi connectivity index (χ4n) is 7.61. The number of hydrogen-bond acceptors (Lipinski definition) is 5. The Morgan fingerprint density at radius 3 is 2.30 bits per heavy atom. The number of pyridine rings is 1. The van der Waals surface area contributed by atoms with Gasteiger partial charge < -0.3 is 24.2 Å². The molecule has 2 aromatic heterocycles. The Balaban J connectivity index is 1.28. The molecule has 1 unspecified atom stereocenters. The van der Waals surface area contributed by atoms with Crippen molar-refractivity contribution < 1.29 is 24.2 Å². The van der Waals surface area contributed by atoms with E-state index in [4.69, 9.17) is 9.72 Å². The first-order valence-electron chi connectivity index (χ1n) is 17.1. The first-order valence-corrected chi connectivity index (χ1v) is 17.1. The number of aliphatic carboxylic acids is 1. The standard InChI is InChI=1S/C38H46N4O5/c1-4-7-33(43)40-18-20-41(21-19-40)38(46)36(29-16-22-47-23-17-29)28-12-10-27(11-13-28)24-42-32-9-6-5-8-31(32)35-25(2)30(14-15-34(44)45)26(3)39-37(35)42/h5-6,8-13,29,36H,4,7,14-24H2,1-3H3,(H,44,45). The second kappa shape index (κ2) is 14.3. The summed E-state index contributed by atoms with van der Waals surface area (Å²) in [7, 11) is 0. The molecule has 9 heteroatoms. The largest absolute Gasteiger partial charge is 0.481 e. The highest BCUT2D eigenvalue weighted by atomic mass is 16.5. The minimum absolute atomic E-state index is 0.0755. The molecule has 4 heterocycles. The van der Waals surface area contributed by atoms with E-state index >= 15 is 0 Å². The fourth-order valence-corrected chi connectivity index (χ4v) is 7.61. The number of carbonyl (C=O) groups excluding carboxylic acids is 2. The van der Waals surface area contributed by atoms with Gasteiger partial charge in [-0.3, -0.25) is 14.4 Å². The van der Waals surface area contributed by atoms with Crippen molar-refractivity contribution >= 4 is 39.7 Å². The van der Waals surface area contributed by atoms with E-state index < -0.39 is 5.97 Å². The normalized spacial score (nSPS) is 16.6. The van der Waals surface area contributed by atoms with Crippen LogP contribution in [0.2, 0.25) is 0 Å². The van der Waals surface area contributed by atoms with E-state index in [1.54, 1.807) is 0 Å². The summed E-state index contributed by atoms with van der Waals surface area (Å²) >= 11 is 0. The molecule has 9 nitrogen and oxygen atoms in total. The van der Waals surface area contributed by atoms with Gasteiger partial charge in [0.15, 0.2) is 0 Å². The first-order chi connectivity index (χ1) is 22.8. The number of benzene rings is 2. The summed E-state index contributed by atoms with van der Waals surface area (Å²) in [6.45, 7) is 10.4. The third-order valence-corrected chi connectivity index (χ3v) is 10.2. The third kappa shape index (κ3) is 6.77. The van der Waals surface area contributed by atoms with Gasteiger partial charge in [0, 0.05) is 75.2 Å². The van der Waals surface area contributed by atoms with Crippen LogP contribution in [0.3, 0.4) is 0 Å². The maximum absolute atomic E-state index is 14.1. The third-order valence-electron chi connectivity index (χ3n) is 10.2. The minimum atomic E-state index is -0.808. The smallest absolute Gasteiger partial charge is 0.303 e. The van der Waals surface area contributed by atoms with Gasteiger partial charge in [-0.25, -0.2) is 4.98 Å². The van der Waals surface area contributed by atoms with E-state index in [0.717, 1.165) is 69.1 Å². The van der Waals surface area contributed by atoms with Gasteiger partial charge in [-0.15, -0.1) is 0 Å². The van der Waals surface area contributed by atoms with Crippen molar-refractivity contribution in [2.24, 2.45) is 5.92 Å². The van der Waals surface area contributed by atoms with Crippen LogP contribution in [0.5, 0.6) is 0 Å². The van der Waals surface area contributed by atoms with Crippen LogP contribution in [0.15, 0.2) is 48.5 Å². The molecule has 2 aromatic carbocycles. The highest BCUT2D eigenvalue weighted by Gasteiger charge is 2.35. The molecule has 0 spiro atoms. The molecule has 2 saturated heterocycles. The van der Waals surface area contributed by atoms with E-state index in [9.17, 15) is 19.5 Å². The highest BCUT2D eigenvalue weighted by Crippen LogP contribution is 2.36. The number of hydrogen-bond donors (Lipinski definition) is 1. The molecule has 47 heavy (non-hydrogen) atoms. The lowest BCUT2D eigenvalue weighted by atomic mass is 9.80. The summed E-state index contributed by atoms with van der Waals surface area (Å²) < 4.78 is 7.92. The summed E-state index contributed by atoms with van der Waals surface area (Å²) in [6.07, 6.45) is 3.63. The van der Waals surface area contributed by atoms with Crippen LogP contribution in [-0.2, 0) is 32.1 Å². The van der Waals surface area contributed by atoms with Crippen molar-refractivity contribution in [3.8, 4) is 0 Å². The van der Waals surface area contributed by atoms with Gasteiger partial charge in [0.25, 0.3) is 0 Å². The number of piperazine rings is 1. The Morgan fingerprint density at radius 1 is 0.936 bits per heavy atom. The molecular weight excluding hydrogens is 592 g/mol. The van der Waals surface area contributed by atoms with E-state index in [-0.39, 0.29) is 30.1 Å². The van der Waals surface area contributed by atoms with Gasteiger partial charge in [0.1, 0.15) is 5.65 Å². The number of aryl methyl sites for hydroxylation is 2. The molecule has 2 fully saturated rings. The number of carbonyl (C=O) groups is 3. The highest BCUT2D eigenvalue weighted by molar-refractivity contribution is 6.08. The number of carboxylic acid groups (broad SMARTS) is 1. The predicted molar refractivity (Wildman–Crippen MR) is 183 cm³/mol. The van der Waals surface area contributed by atoms with Gasteiger partial charge in [0.2, 0.25) is 11.8 Å². The maximum Gasteiger partial charge on any atom is 0.303 e. The van der Waals surface area contributed by atoms with E-state index in [0.29, 0.717) is 58.8 Å². The maximum atomic E-state index is 14.1. The SMILES string of the molecule is CCCC(=O)N1CCN(C(=O)C(c2ccc(Cn3c4ccccc4c4c(C)c(CCC(=O)O)c(C)nc43)cc2)C2CCOCC2)CC1. The van der Waals surface area contributed by atoms with Crippen molar-refractivity contribution in [2.75, 3.05) is 39.4 Å². The topological polar surface area (TPSA) is 105 Å². The van der Waals surface area contributed by atoms with Crippen LogP contribution in [-0.4, -0.2) is 81.6 Å². The molecule has 4 aromatic rings. The Bertz CT molecular complexity index is 1760. The summed E-state index contributed by atoms with van der Waals surface area (Å²) in [5.74, 6) is -0.501. The van der Waals surface area contributed by atoms with Crippen molar-refractivity contribution in [1.82, 2.24) is 19.4 Å². The Hall–Kier alpha value is -4.24. The van der Waals surface area contributed by atoms with Gasteiger partial charge >= 0.3 is 5.97 Å². The molecule has 0 bridgehead atoms. The van der Waals surface area contributed by atoms with Gasteiger partial charge in [-0.2, -0.15) is 0 Å². The Morgan fingerprint density at radius 2 is 1.62 bits per heavy atom. The average molecular weight is 639 g/mol. The molecule has 2 aliphatic heterocycles. The minimum Gasteiger partial charge on any atom is -0.481 e. The summed E-state index contributed by atoms with van der Waals surface area (Å²) in [4.78, 5) is 46.8. The lowest BCUT2D eigenvalue weighted by molar-refractivity contribution is -0.141. The van der Waals surface area contributed by atoms with Crippen LogP contribution in [0.25, 0.3) is 21.9 Å². The lowest BCUT2D eigenvalue weighted by Crippen LogP contribution is -2.52. The molecule has 0 aliphatic carbocycles. The van der Waals surface area contributed by atoms with E-state index in [1.807, 2.05) is 35.8 Å². The molecule has 248 valence electrons. The number of para-hydroxylation sites is 1. The van der Waals surface area contributed by atoms with Crippen LogP contribution in [0, 0.1) is 19.8 Å². The molecule has 2 aliphatic rings. The lowest BCUT2D eigenvalue weighted by Gasteiger charge is -2.39. The number of amides is 2. The predicted octanol–water partition coefficient (Wildman–Crippen LogP) is 5.85. The quantitative estimate of drug-likeness (QED) is 0.234. The molecule has 1 N–H and O–H groups in total. The second-order valence-corrected chi connectivity index (χ2v) is 13.1. The zero-order valence-electron chi connectivity index (χ0n) is 27.8. The van der Waals surface area contributed by atoms with E-state index in [1.165, 1.54) is 0 Å². The summed E-state index contributed by atoms with van der Waals surface area (Å²) in [5, 5.41) is 11.5. The van der Waals surface area contributed by atoms with Gasteiger partial charge in [-0.05, 0) is 73.8 Å². The average Bonchev–Trinajstić information content (AvgIpc) is 3.38. The van der Waals surface area contributed by atoms with Crippen LogP contribution in [0.1, 0.15) is 72.9 Å². The number of fused-ring (bicyclic) bond motifs is 3. The van der Waals surface area contributed by atoms with Crippen LogP contribution >= 0.6 is 0 Å². The van der Waals surface area contributed by atoms with Crippen LogP contribution in [0.4, 0.5) is 0 Å². The molecule has 0 saturated carbocycles. The Labute approximate surface area is 276 Å². The van der Waals surface area contributed by atoms with Gasteiger partial charge in [0.05, 0.1) is 11.4 Å². The molecule has 1 atom stereocenters. The monoisotopic (exact) mass is 638 g/mol. The first kappa shape index (κ1) is 32.7. The number of aromatic nitrogens is 2. The zero-order valence-corrected chi connectivity index (χ0v) is 27.8. The van der Waals surface area contributed by atoms with E-state index in [2.05, 4.69) is 47.9 Å². The van der Waals surface area contributed by atoms with Crippen molar-refractivity contribution in [1.29, 1.82) is 0 Å². The fraction of sp³-hybridized carbons (Fsp3) is 0.474. The number of ether oxygens (including phenoxy) is 1. The van der Waals surface area contributed by atoms with Crippen LogP contribution < -0.4 is 0 Å². The number of carboxylic acids is 1. The Kier molecular flexibility index (Phi) is 9.92. The number of nitrogens with zero attached hydrogens (tertiary/aromatic N) is 4. The molecule has 0 radical (unpaired) electrons. The second-order valence-electron chi connectivity index (χ2n) is 13.1. The summed E-state index contributed by atoms with van der Waals surface area (Å²) in [5.41, 5.74) is 7.09.